The average Bonchev–Trinajstić information content (AvgIpc) is 2.56. The summed E-state index contributed by atoms with van der Waals surface area (Å²) in [6.07, 6.45) is 1.63. The molecule has 0 spiro atoms. The molecule has 0 atom stereocenters. The molecule has 6 heteroatoms. The molecular weight excluding hydrogens is 364 g/mol. The predicted octanol–water partition coefficient (Wildman–Crippen LogP) is 3.99. The lowest BCUT2D eigenvalue weighted by atomic mass is 10.1. The van der Waals surface area contributed by atoms with E-state index < -0.39 is 5.60 Å². The van der Waals surface area contributed by atoms with Gasteiger partial charge in [0, 0.05) is 33.2 Å². The minimum absolute atomic E-state index is 0.183. The number of carbonyl (C=O) groups is 1. The highest BCUT2D eigenvalue weighted by molar-refractivity contribution is 6.30. The van der Waals surface area contributed by atoms with Crippen molar-refractivity contribution in [2.45, 2.75) is 32.9 Å². The largest absolute Gasteiger partial charge is 0.389 e. The van der Waals surface area contributed by atoms with Gasteiger partial charge < -0.3 is 15.0 Å². The van der Waals surface area contributed by atoms with E-state index in [2.05, 4.69) is 5.32 Å². The van der Waals surface area contributed by atoms with E-state index in [1.54, 1.807) is 62.5 Å². The number of aliphatic hydroxyl groups is 1. The number of halogens is 1. The number of aryl methyl sites for hydroxylation is 1. The van der Waals surface area contributed by atoms with E-state index in [4.69, 9.17) is 11.6 Å². The summed E-state index contributed by atoms with van der Waals surface area (Å²) in [6.45, 7) is 5.30. The zero-order valence-corrected chi connectivity index (χ0v) is 16.2. The summed E-state index contributed by atoms with van der Waals surface area (Å²) in [7, 11) is 0. The summed E-state index contributed by atoms with van der Waals surface area (Å²) in [4.78, 5) is 25.4. The number of pyridine rings is 1. The van der Waals surface area contributed by atoms with Gasteiger partial charge in [-0.1, -0.05) is 17.7 Å². The van der Waals surface area contributed by atoms with Crippen LogP contribution in [0.25, 0.3) is 10.8 Å². The fraction of sp³-hybridized carbons (Fsp3) is 0.238. The molecule has 2 N–H and O–H groups in total. The Balaban J connectivity index is 1.99. The maximum absolute atomic E-state index is 12.7. The third kappa shape index (κ3) is 4.21. The fourth-order valence-electron chi connectivity index (χ4n) is 3.04. The van der Waals surface area contributed by atoms with Crippen molar-refractivity contribution in [1.82, 2.24) is 4.57 Å². The summed E-state index contributed by atoms with van der Waals surface area (Å²) in [5.41, 5.74) is 0.627. The number of fused-ring (bicyclic) bond motifs is 1. The molecule has 3 rings (SSSR count). The van der Waals surface area contributed by atoms with Crippen LogP contribution in [0.3, 0.4) is 0 Å². The SMILES string of the molecule is Cc1cc(Cl)ccc1C(=O)Nc1cccc2c(=O)n(CC(C)(C)O)ccc12. The second kappa shape index (κ2) is 7.18. The van der Waals surface area contributed by atoms with Gasteiger partial charge in [-0.2, -0.15) is 0 Å². The molecule has 140 valence electrons. The van der Waals surface area contributed by atoms with Crippen molar-refractivity contribution >= 4 is 34.0 Å². The topological polar surface area (TPSA) is 71.3 Å². The van der Waals surface area contributed by atoms with Crippen molar-refractivity contribution in [3.05, 3.63) is 75.2 Å². The maximum Gasteiger partial charge on any atom is 0.258 e. The molecule has 0 bridgehead atoms. The molecule has 0 aliphatic carbocycles. The van der Waals surface area contributed by atoms with Crippen LogP contribution in [-0.4, -0.2) is 21.2 Å². The fourth-order valence-corrected chi connectivity index (χ4v) is 3.27. The summed E-state index contributed by atoms with van der Waals surface area (Å²) in [5.74, 6) is -0.266. The average molecular weight is 385 g/mol. The minimum atomic E-state index is -1.00. The highest BCUT2D eigenvalue weighted by Crippen LogP contribution is 2.23. The first-order valence-corrected chi connectivity index (χ1v) is 8.95. The monoisotopic (exact) mass is 384 g/mol. The van der Waals surface area contributed by atoms with Crippen molar-refractivity contribution in [2.24, 2.45) is 0 Å². The Morgan fingerprint density at radius 1 is 1.19 bits per heavy atom. The first-order valence-electron chi connectivity index (χ1n) is 8.58. The molecule has 2 aromatic carbocycles. The normalized spacial score (nSPS) is 11.6. The number of aromatic nitrogens is 1. The molecule has 27 heavy (non-hydrogen) atoms. The van der Waals surface area contributed by atoms with Crippen LogP contribution in [0.2, 0.25) is 5.02 Å². The Kier molecular flexibility index (Phi) is 5.09. The number of anilines is 1. The minimum Gasteiger partial charge on any atom is -0.389 e. The summed E-state index contributed by atoms with van der Waals surface area (Å²) >= 11 is 5.95. The van der Waals surface area contributed by atoms with Crippen LogP contribution in [0.15, 0.2) is 53.5 Å². The molecule has 0 fully saturated rings. The second-order valence-electron chi connectivity index (χ2n) is 7.24. The molecular formula is C21H21ClN2O3. The molecule has 0 saturated carbocycles. The van der Waals surface area contributed by atoms with Crippen molar-refractivity contribution < 1.29 is 9.90 Å². The van der Waals surface area contributed by atoms with E-state index in [0.29, 0.717) is 27.0 Å². The lowest BCUT2D eigenvalue weighted by Crippen LogP contribution is -2.32. The predicted molar refractivity (Wildman–Crippen MR) is 109 cm³/mol. The van der Waals surface area contributed by atoms with E-state index in [1.807, 2.05) is 6.92 Å². The molecule has 5 nitrogen and oxygen atoms in total. The Morgan fingerprint density at radius 3 is 2.59 bits per heavy atom. The molecule has 1 amide bonds. The highest BCUT2D eigenvalue weighted by atomic mass is 35.5. The van der Waals surface area contributed by atoms with Crippen molar-refractivity contribution in [3.63, 3.8) is 0 Å². The third-order valence-electron chi connectivity index (χ3n) is 4.26. The van der Waals surface area contributed by atoms with E-state index in [9.17, 15) is 14.7 Å². The van der Waals surface area contributed by atoms with Gasteiger partial charge >= 0.3 is 0 Å². The lowest BCUT2D eigenvalue weighted by Gasteiger charge is -2.19. The number of nitrogens with zero attached hydrogens (tertiary/aromatic N) is 1. The molecule has 1 aromatic heterocycles. The van der Waals surface area contributed by atoms with Crippen LogP contribution >= 0.6 is 11.6 Å². The van der Waals surface area contributed by atoms with Crippen LogP contribution in [0, 0.1) is 6.92 Å². The number of rotatable bonds is 4. The first kappa shape index (κ1) is 19.1. The molecule has 0 aliphatic heterocycles. The van der Waals surface area contributed by atoms with Gasteiger partial charge in [0.25, 0.3) is 11.5 Å². The van der Waals surface area contributed by atoms with Crippen LogP contribution in [-0.2, 0) is 6.54 Å². The van der Waals surface area contributed by atoms with Gasteiger partial charge in [-0.3, -0.25) is 9.59 Å². The number of carbonyl (C=O) groups excluding carboxylic acids is 1. The van der Waals surface area contributed by atoms with E-state index >= 15 is 0 Å². The number of hydrogen-bond acceptors (Lipinski definition) is 3. The van der Waals surface area contributed by atoms with Crippen LogP contribution in [0.1, 0.15) is 29.8 Å². The van der Waals surface area contributed by atoms with Crippen molar-refractivity contribution in [1.29, 1.82) is 0 Å². The van der Waals surface area contributed by atoms with Crippen LogP contribution in [0.5, 0.6) is 0 Å². The quantitative estimate of drug-likeness (QED) is 0.714. The van der Waals surface area contributed by atoms with Crippen molar-refractivity contribution in [2.75, 3.05) is 5.32 Å². The number of amides is 1. The second-order valence-corrected chi connectivity index (χ2v) is 7.68. The zero-order chi connectivity index (χ0) is 19.8. The number of hydrogen-bond donors (Lipinski definition) is 2. The van der Waals surface area contributed by atoms with Gasteiger partial charge in [-0.25, -0.2) is 0 Å². The first-order chi connectivity index (χ1) is 12.7. The number of nitrogens with one attached hydrogen (secondary N) is 1. The summed E-state index contributed by atoms with van der Waals surface area (Å²) in [6, 6.07) is 12.0. The van der Waals surface area contributed by atoms with E-state index in [0.717, 1.165) is 5.56 Å². The Morgan fingerprint density at radius 2 is 1.93 bits per heavy atom. The van der Waals surface area contributed by atoms with Gasteiger partial charge in [-0.15, -0.1) is 0 Å². The molecule has 0 aliphatic rings. The zero-order valence-electron chi connectivity index (χ0n) is 15.4. The maximum atomic E-state index is 12.7. The molecule has 0 saturated heterocycles. The van der Waals surface area contributed by atoms with Gasteiger partial charge in [-0.05, 0) is 62.7 Å². The van der Waals surface area contributed by atoms with Gasteiger partial charge in [0.15, 0.2) is 0 Å². The van der Waals surface area contributed by atoms with Gasteiger partial charge in [0.1, 0.15) is 0 Å². The Hall–Kier alpha value is -2.63. The van der Waals surface area contributed by atoms with Crippen LogP contribution in [0.4, 0.5) is 5.69 Å². The van der Waals surface area contributed by atoms with Crippen molar-refractivity contribution in [3.8, 4) is 0 Å². The molecule has 3 aromatic rings. The molecule has 0 radical (unpaired) electrons. The molecule has 1 heterocycles. The number of benzene rings is 2. The highest BCUT2D eigenvalue weighted by Gasteiger charge is 2.16. The smallest absolute Gasteiger partial charge is 0.258 e. The van der Waals surface area contributed by atoms with Crippen LogP contribution < -0.4 is 10.9 Å². The third-order valence-corrected chi connectivity index (χ3v) is 4.49. The Labute approximate surface area is 162 Å². The lowest BCUT2D eigenvalue weighted by molar-refractivity contribution is 0.0606. The molecule has 0 unspecified atom stereocenters. The standard InChI is InChI=1S/C21H21ClN2O3/c1-13-11-14(22)7-8-15(13)19(25)23-18-6-4-5-17-16(18)9-10-24(20(17)26)12-21(2,3)27/h4-11,27H,12H2,1-3H3,(H,23,25). The summed E-state index contributed by atoms with van der Waals surface area (Å²) in [5, 5.41) is 14.6. The van der Waals surface area contributed by atoms with Gasteiger partial charge in [0.05, 0.1) is 12.1 Å². The van der Waals surface area contributed by atoms with Gasteiger partial charge in [0.2, 0.25) is 0 Å². The summed E-state index contributed by atoms with van der Waals surface area (Å²) < 4.78 is 1.47. The Bertz CT molecular complexity index is 1080. The van der Waals surface area contributed by atoms with E-state index in [1.165, 1.54) is 4.57 Å². The van der Waals surface area contributed by atoms with E-state index in [-0.39, 0.29) is 18.0 Å².